The lowest BCUT2D eigenvalue weighted by Crippen LogP contribution is -2.42. The molecule has 0 aliphatic carbocycles. The van der Waals surface area contributed by atoms with Crippen molar-refractivity contribution < 1.29 is 4.79 Å². The summed E-state index contributed by atoms with van der Waals surface area (Å²) in [5, 5.41) is 0. The van der Waals surface area contributed by atoms with Gasteiger partial charge in [0.1, 0.15) is 5.82 Å². The molecule has 0 saturated carbocycles. The summed E-state index contributed by atoms with van der Waals surface area (Å²) in [5.41, 5.74) is 3.28. The highest BCUT2D eigenvalue weighted by molar-refractivity contribution is 5.80. The van der Waals surface area contributed by atoms with Crippen molar-refractivity contribution >= 4 is 5.91 Å². The minimum Gasteiger partial charge on any atom is -0.342 e. The van der Waals surface area contributed by atoms with E-state index in [-0.39, 0.29) is 17.4 Å². The first-order valence-corrected chi connectivity index (χ1v) is 7.77. The molecular formula is C18H23N3O. The molecule has 22 heavy (non-hydrogen) atoms. The molecule has 1 N–H and O–H groups in total. The Morgan fingerprint density at radius 3 is 2.64 bits per heavy atom. The molecule has 1 aliphatic rings. The lowest BCUT2D eigenvalue weighted by atomic mass is 10.1. The minimum atomic E-state index is -0.128. The lowest BCUT2D eigenvalue weighted by Gasteiger charge is -2.31. The van der Waals surface area contributed by atoms with Crippen LogP contribution in [0.4, 0.5) is 0 Å². The number of hydrogen-bond acceptors (Lipinski definition) is 2. The average molecular weight is 297 g/mol. The van der Waals surface area contributed by atoms with E-state index in [1.54, 1.807) is 0 Å². The summed E-state index contributed by atoms with van der Waals surface area (Å²) in [5.74, 6) is 1.29. The smallest absolute Gasteiger partial charge is 0.223 e. The van der Waals surface area contributed by atoms with Crippen LogP contribution in [0.25, 0.3) is 11.3 Å². The highest BCUT2D eigenvalue weighted by atomic mass is 16.2. The van der Waals surface area contributed by atoms with E-state index in [1.807, 2.05) is 23.2 Å². The maximum atomic E-state index is 12.2. The van der Waals surface area contributed by atoms with Gasteiger partial charge in [0.05, 0.1) is 11.9 Å². The van der Waals surface area contributed by atoms with Gasteiger partial charge in [0.25, 0.3) is 0 Å². The maximum Gasteiger partial charge on any atom is 0.223 e. The van der Waals surface area contributed by atoms with E-state index >= 15 is 0 Å². The summed E-state index contributed by atoms with van der Waals surface area (Å²) in [6.07, 6.45) is 2.42. The van der Waals surface area contributed by atoms with Gasteiger partial charge in [-0.1, -0.05) is 24.3 Å². The molecule has 4 nitrogen and oxygen atoms in total. The Morgan fingerprint density at radius 2 is 2.00 bits per heavy atom. The van der Waals surface area contributed by atoms with Crippen LogP contribution in [-0.4, -0.2) is 32.9 Å². The number of hydrogen-bond donors (Lipinski definition) is 1. The molecule has 1 atom stereocenters. The molecule has 1 aromatic carbocycles. The lowest BCUT2D eigenvalue weighted by molar-refractivity contribution is -0.131. The van der Waals surface area contributed by atoms with Gasteiger partial charge in [-0.3, -0.25) is 4.79 Å². The van der Waals surface area contributed by atoms with Crippen molar-refractivity contribution in [2.24, 2.45) is 0 Å². The van der Waals surface area contributed by atoms with Gasteiger partial charge in [0, 0.05) is 30.0 Å². The molecule has 2 aromatic rings. The minimum absolute atomic E-state index is 0.128. The number of H-pyrrole nitrogens is 1. The van der Waals surface area contributed by atoms with Gasteiger partial charge in [0.15, 0.2) is 0 Å². The fourth-order valence-corrected chi connectivity index (χ4v) is 3.09. The Morgan fingerprint density at radius 1 is 1.27 bits per heavy atom. The van der Waals surface area contributed by atoms with E-state index in [4.69, 9.17) is 0 Å². The number of benzene rings is 1. The monoisotopic (exact) mass is 297 g/mol. The fourth-order valence-electron chi connectivity index (χ4n) is 3.09. The average Bonchev–Trinajstić information content (AvgIpc) is 3.05. The first-order chi connectivity index (χ1) is 10.4. The van der Waals surface area contributed by atoms with Crippen molar-refractivity contribution in [3.8, 4) is 11.3 Å². The molecule has 1 saturated heterocycles. The molecule has 0 bridgehead atoms. The second-order valence-corrected chi connectivity index (χ2v) is 7.07. The molecule has 1 fully saturated rings. The predicted molar refractivity (Wildman–Crippen MR) is 87.6 cm³/mol. The fraction of sp³-hybridized carbons (Fsp3) is 0.444. The van der Waals surface area contributed by atoms with E-state index < -0.39 is 0 Å². The normalized spacial score (nSPS) is 19.0. The van der Waals surface area contributed by atoms with E-state index in [2.05, 4.69) is 49.8 Å². The Labute approximate surface area is 131 Å². The Kier molecular flexibility index (Phi) is 3.55. The number of carbonyl (C=O) groups is 1. The number of aryl methyl sites for hydroxylation is 1. The standard InChI is InChI=1S/C18H23N3O/c1-12-7-5-6-8-14(12)15-10-19-17(20-15)13-9-16(22)21(11-13)18(2,3)4/h5-8,10,13H,9,11H2,1-4H3,(H,19,20). The Balaban J connectivity index is 1.84. The zero-order chi connectivity index (χ0) is 15.9. The zero-order valence-electron chi connectivity index (χ0n) is 13.7. The number of nitrogens with one attached hydrogen (secondary N) is 1. The largest absolute Gasteiger partial charge is 0.342 e. The van der Waals surface area contributed by atoms with E-state index in [0.29, 0.717) is 6.42 Å². The van der Waals surface area contributed by atoms with Gasteiger partial charge in [-0.2, -0.15) is 0 Å². The van der Waals surface area contributed by atoms with Crippen LogP contribution >= 0.6 is 0 Å². The van der Waals surface area contributed by atoms with E-state index in [9.17, 15) is 4.79 Å². The van der Waals surface area contributed by atoms with Crippen molar-refractivity contribution in [1.82, 2.24) is 14.9 Å². The summed E-state index contributed by atoms with van der Waals surface area (Å²) in [4.78, 5) is 22.1. The summed E-state index contributed by atoms with van der Waals surface area (Å²) < 4.78 is 0. The number of amides is 1. The van der Waals surface area contributed by atoms with Gasteiger partial charge in [0.2, 0.25) is 5.91 Å². The number of likely N-dealkylation sites (tertiary alicyclic amines) is 1. The number of aromatic amines is 1. The summed E-state index contributed by atoms with van der Waals surface area (Å²) >= 11 is 0. The van der Waals surface area contributed by atoms with Gasteiger partial charge >= 0.3 is 0 Å². The van der Waals surface area contributed by atoms with Crippen molar-refractivity contribution in [2.75, 3.05) is 6.54 Å². The third kappa shape index (κ3) is 2.65. The topological polar surface area (TPSA) is 49.0 Å². The van der Waals surface area contributed by atoms with Gasteiger partial charge < -0.3 is 9.88 Å². The SMILES string of the molecule is Cc1ccccc1-c1cnc(C2CC(=O)N(C(C)(C)C)C2)[nH]1. The van der Waals surface area contributed by atoms with Crippen LogP contribution in [0, 0.1) is 6.92 Å². The molecule has 3 rings (SSSR count). The molecule has 0 radical (unpaired) electrons. The third-order valence-electron chi connectivity index (χ3n) is 4.35. The molecular weight excluding hydrogens is 274 g/mol. The molecule has 2 heterocycles. The summed E-state index contributed by atoms with van der Waals surface area (Å²) in [6, 6.07) is 8.25. The highest BCUT2D eigenvalue weighted by Gasteiger charge is 2.37. The second-order valence-electron chi connectivity index (χ2n) is 7.07. The van der Waals surface area contributed by atoms with Gasteiger partial charge in [-0.05, 0) is 33.3 Å². The molecule has 1 aromatic heterocycles. The predicted octanol–water partition coefficient (Wildman–Crippen LogP) is 3.50. The van der Waals surface area contributed by atoms with Crippen LogP contribution < -0.4 is 0 Å². The van der Waals surface area contributed by atoms with Gasteiger partial charge in [-0.25, -0.2) is 4.98 Å². The van der Waals surface area contributed by atoms with Crippen LogP contribution in [0.2, 0.25) is 0 Å². The molecule has 0 spiro atoms. The third-order valence-corrected chi connectivity index (χ3v) is 4.35. The van der Waals surface area contributed by atoms with Crippen LogP contribution in [0.15, 0.2) is 30.5 Å². The highest BCUT2D eigenvalue weighted by Crippen LogP contribution is 2.32. The van der Waals surface area contributed by atoms with Crippen LogP contribution in [-0.2, 0) is 4.79 Å². The number of nitrogens with zero attached hydrogens (tertiary/aromatic N) is 2. The Hall–Kier alpha value is -2.10. The summed E-state index contributed by atoms with van der Waals surface area (Å²) in [6.45, 7) is 9.07. The Bertz CT molecular complexity index is 696. The molecule has 4 heteroatoms. The van der Waals surface area contributed by atoms with Crippen molar-refractivity contribution in [3.05, 3.63) is 41.9 Å². The molecule has 116 valence electrons. The number of aromatic nitrogens is 2. The van der Waals surface area contributed by atoms with E-state index in [0.717, 1.165) is 18.1 Å². The molecule has 1 unspecified atom stereocenters. The van der Waals surface area contributed by atoms with E-state index in [1.165, 1.54) is 11.1 Å². The second kappa shape index (κ2) is 5.27. The molecule has 1 aliphatic heterocycles. The van der Waals surface area contributed by atoms with Crippen LogP contribution in [0.3, 0.4) is 0 Å². The first kappa shape index (κ1) is 14.8. The van der Waals surface area contributed by atoms with Crippen molar-refractivity contribution in [1.29, 1.82) is 0 Å². The van der Waals surface area contributed by atoms with Gasteiger partial charge in [-0.15, -0.1) is 0 Å². The number of carbonyl (C=O) groups excluding carboxylic acids is 1. The van der Waals surface area contributed by atoms with Crippen molar-refractivity contribution in [2.45, 2.75) is 45.6 Å². The van der Waals surface area contributed by atoms with Crippen molar-refractivity contribution in [3.63, 3.8) is 0 Å². The van der Waals surface area contributed by atoms with Crippen LogP contribution in [0.1, 0.15) is 44.5 Å². The number of rotatable bonds is 2. The first-order valence-electron chi connectivity index (χ1n) is 7.77. The quantitative estimate of drug-likeness (QED) is 0.922. The maximum absolute atomic E-state index is 12.2. The summed E-state index contributed by atoms with van der Waals surface area (Å²) in [7, 11) is 0. The molecule has 1 amide bonds. The van der Waals surface area contributed by atoms with Crippen LogP contribution in [0.5, 0.6) is 0 Å². The zero-order valence-corrected chi connectivity index (χ0v) is 13.7. The number of imidazole rings is 1.